The molecule has 1 aromatic carbocycles. The van der Waals surface area contributed by atoms with Crippen molar-refractivity contribution in [2.24, 2.45) is 5.92 Å². The summed E-state index contributed by atoms with van der Waals surface area (Å²) in [5.74, 6) is 1.66. The molecule has 3 rings (SSSR count). The number of hydrogen-bond acceptors (Lipinski definition) is 2. The summed E-state index contributed by atoms with van der Waals surface area (Å²) in [6.07, 6.45) is 1.36. The van der Waals surface area contributed by atoms with Gasteiger partial charge < -0.3 is 5.32 Å². The van der Waals surface area contributed by atoms with Crippen molar-refractivity contribution >= 4 is 21.4 Å². The zero-order chi connectivity index (χ0) is 11.8. The summed E-state index contributed by atoms with van der Waals surface area (Å²) >= 11 is 1.89. The Labute approximate surface area is 107 Å². The van der Waals surface area contributed by atoms with Crippen LogP contribution in [0.1, 0.15) is 31.7 Å². The van der Waals surface area contributed by atoms with Gasteiger partial charge in [0.2, 0.25) is 0 Å². The molecule has 2 atom stereocenters. The van der Waals surface area contributed by atoms with Gasteiger partial charge >= 0.3 is 0 Å². The highest BCUT2D eigenvalue weighted by Crippen LogP contribution is 2.50. The smallest absolute Gasteiger partial charge is 0.0345 e. The van der Waals surface area contributed by atoms with Crippen LogP contribution < -0.4 is 5.32 Å². The van der Waals surface area contributed by atoms with Crippen LogP contribution >= 0.6 is 11.3 Å². The van der Waals surface area contributed by atoms with E-state index >= 15 is 0 Å². The molecule has 0 amide bonds. The zero-order valence-corrected chi connectivity index (χ0v) is 11.3. The van der Waals surface area contributed by atoms with Crippen molar-refractivity contribution in [1.82, 2.24) is 5.32 Å². The Morgan fingerprint density at radius 2 is 2.18 bits per heavy atom. The number of nitrogens with one attached hydrogen (secondary N) is 1. The summed E-state index contributed by atoms with van der Waals surface area (Å²) in [6, 6.07) is 9.39. The van der Waals surface area contributed by atoms with Crippen LogP contribution in [0.5, 0.6) is 0 Å². The third-order valence-electron chi connectivity index (χ3n) is 3.62. The molecule has 0 radical (unpaired) electrons. The topological polar surface area (TPSA) is 12.0 Å². The average Bonchev–Trinajstić information content (AvgIpc) is 2.97. The minimum absolute atomic E-state index is 0.607. The molecule has 0 bridgehead atoms. The Morgan fingerprint density at radius 1 is 1.35 bits per heavy atom. The van der Waals surface area contributed by atoms with Crippen LogP contribution in [0.25, 0.3) is 10.1 Å². The highest BCUT2D eigenvalue weighted by molar-refractivity contribution is 7.17. The lowest BCUT2D eigenvalue weighted by atomic mass is 10.1. The first kappa shape index (κ1) is 11.2. The molecule has 1 aliphatic rings. The molecule has 1 saturated carbocycles. The molecule has 0 spiro atoms. The molecule has 2 unspecified atom stereocenters. The Kier molecular flexibility index (Phi) is 2.93. The quantitative estimate of drug-likeness (QED) is 0.858. The number of hydrogen-bond donors (Lipinski definition) is 1. The monoisotopic (exact) mass is 245 g/mol. The Hall–Kier alpha value is -0.860. The van der Waals surface area contributed by atoms with Gasteiger partial charge in [0.05, 0.1) is 0 Å². The summed E-state index contributed by atoms with van der Waals surface area (Å²) in [6.45, 7) is 5.61. The van der Waals surface area contributed by atoms with Crippen molar-refractivity contribution in [1.29, 1.82) is 0 Å². The van der Waals surface area contributed by atoms with E-state index in [1.54, 1.807) is 5.56 Å². The fourth-order valence-corrected chi connectivity index (χ4v) is 3.55. The molecule has 2 heteroatoms. The average molecular weight is 245 g/mol. The molecule has 1 fully saturated rings. The molecule has 0 aliphatic heterocycles. The van der Waals surface area contributed by atoms with E-state index in [0.717, 1.165) is 11.8 Å². The van der Waals surface area contributed by atoms with Gasteiger partial charge in [0.1, 0.15) is 0 Å². The Bertz CT molecular complexity index is 514. The second kappa shape index (κ2) is 4.43. The first-order valence-corrected chi connectivity index (χ1v) is 7.33. The van der Waals surface area contributed by atoms with Crippen molar-refractivity contribution in [3.8, 4) is 0 Å². The van der Waals surface area contributed by atoms with Crippen LogP contribution in [-0.4, -0.2) is 12.6 Å². The highest BCUT2D eigenvalue weighted by Gasteiger charge is 2.39. The Balaban J connectivity index is 1.74. The summed E-state index contributed by atoms with van der Waals surface area (Å²) in [7, 11) is 0. The van der Waals surface area contributed by atoms with Crippen molar-refractivity contribution in [2.75, 3.05) is 6.54 Å². The van der Waals surface area contributed by atoms with Crippen molar-refractivity contribution in [3.63, 3.8) is 0 Å². The first-order valence-electron chi connectivity index (χ1n) is 6.45. The summed E-state index contributed by atoms with van der Waals surface area (Å²) in [5, 5.41) is 7.40. The normalized spacial score (nSPS) is 23.5. The fraction of sp³-hybridized carbons (Fsp3) is 0.467. The molecule has 1 aliphatic carbocycles. The molecule has 1 aromatic heterocycles. The van der Waals surface area contributed by atoms with E-state index in [0.29, 0.717) is 6.04 Å². The van der Waals surface area contributed by atoms with Crippen LogP contribution in [0, 0.1) is 5.92 Å². The van der Waals surface area contributed by atoms with Crippen LogP contribution in [0.15, 0.2) is 29.6 Å². The van der Waals surface area contributed by atoms with Crippen LogP contribution in [0.4, 0.5) is 0 Å². The van der Waals surface area contributed by atoms with E-state index < -0.39 is 0 Å². The summed E-state index contributed by atoms with van der Waals surface area (Å²) in [5.41, 5.74) is 1.58. The lowest BCUT2D eigenvalue weighted by Gasteiger charge is -2.06. The van der Waals surface area contributed by atoms with Crippen LogP contribution in [0.3, 0.4) is 0 Å². The van der Waals surface area contributed by atoms with Gasteiger partial charge in [-0.3, -0.25) is 0 Å². The summed E-state index contributed by atoms with van der Waals surface area (Å²) in [4.78, 5) is 0. The largest absolute Gasteiger partial charge is 0.314 e. The minimum Gasteiger partial charge on any atom is -0.314 e. The Morgan fingerprint density at radius 3 is 3.00 bits per heavy atom. The lowest BCUT2D eigenvalue weighted by Crippen LogP contribution is -2.25. The fourth-order valence-electron chi connectivity index (χ4n) is 2.53. The number of thiophene rings is 1. The predicted octanol–water partition coefficient (Wildman–Crippen LogP) is 4.00. The van der Waals surface area contributed by atoms with Gasteiger partial charge in [0.25, 0.3) is 0 Å². The number of rotatable bonds is 4. The van der Waals surface area contributed by atoms with Crippen molar-refractivity contribution in [2.45, 2.75) is 32.2 Å². The maximum absolute atomic E-state index is 3.55. The van der Waals surface area contributed by atoms with E-state index in [4.69, 9.17) is 0 Å². The SMILES string of the molecule is CC(C)NCC1CC1c1csc2ccccc12. The highest BCUT2D eigenvalue weighted by atomic mass is 32.1. The standard InChI is InChI=1S/C15H19NS/c1-10(2)16-8-11-7-13(11)14-9-17-15-6-4-3-5-12(14)15/h3-6,9-11,13,16H,7-8H2,1-2H3. The van der Waals surface area contributed by atoms with Crippen molar-refractivity contribution < 1.29 is 0 Å². The van der Waals surface area contributed by atoms with Gasteiger partial charge in [-0.05, 0) is 47.2 Å². The van der Waals surface area contributed by atoms with Crippen molar-refractivity contribution in [3.05, 3.63) is 35.2 Å². The molecular weight excluding hydrogens is 226 g/mol. The predicted molar refractivity (Wildman–Crippen MR) is 75.8 cm³/mol. The maximum atomic E-state index is 3.55. The molecule has 0 saturated heterocycles. The second-order valence-corrected chi connectivity index (χ2v) is 6.26. The molecule has 1 nitrogen and oxygen atoms in total. The van der Waals surface area contributed by atoms with E-state index in [9.17, 15) is 0 Å². The molecule has 17 heavy (non-hydrogen) atoms. The van der Waals surface area contributed by atoms with Gasteiger partial charge in [0.15, 0.2) is 0 Å². The number of fused-ring (bicyclic) bond motifs is 1. The van der Waals surface area contributed by atoms with E-state index in [1.165, 1.54) is 23.1 Å². The maximum Gasteiger partial charge on any atom is 0.0345 e. The van der Waals surface area contributed by atoms with Gasteiger partial charge in [-0.25, -0.2) is 0 Å². The van der Waals surface area contributed by atoms with E-state index in [2.05, 4.69) is 48.8 Å². The summed E-state index contributed by atoms with van der Waals surface area (Å²) < 4.78 is 1.44. The third-order valence-corrected chi connectivity index (χ3v) is 4.60. The van der Waals surface area contributed by atoms with E-state index in [1.807, 2.05) is 11.3 Å². The van der Waals surface area contributed by atoms with Gasteiger partial charge in [0, 0.05) is 10.7 Å². The minimum atomic E-state index is 0.607. The molecule has 90 valence electrons. The van der Waals surface area contributed by atoms with Gasteiger partial charge in [-0.15, -0.1) is 11.3 Å². The molecule has 1 N–H and O–H groups in total. The van der Waals surface area contributed by atoms with Gasteiger partial charge in [-0.2, -0.15) is 0 Å². The lowest BCUT2D eigenvalue weighted by molar-refractivity contribution is 0.555. The van der Waals surface area contributed by atoms with E-state index in [-0.39, 0.29) is 0 Å². The van der Waals surface area contributed by atoms with Gasteiger partial charge in [-0.1, -0.05) is 32.0 Å². The molecule has 1 heterocycles. The second-order valence-electron chi connectivity index (χ2n) is 5.35. The number of benzene rings is 1. The molecular formula is C15H19NS. The first-order chi connectivity index (χ1) is 8.25. The van der Waals surface area contributed by atoms with Crippen LogP contribution in [0.2, 0.25) is 0 Å². The molecule has 2 aromatic rings. The zero-order valence-electron chi connectivity index (χ0n) is 10.4. The third kappa shape index (κ3) is 2.24. The van der Waals surface area contributed by atoms with Crippen LogP contribution in [-0.2, 0) is 0 Å².